The van der Waals surface area contributed by atoms with Gasteiger partial charge in [-0.1, -0.05) is 59.1 Å². The van der Waals surface area contributed by atoms with Gasteiger partial charge in [-0.05, 0) is 36.6 Å². The Kier molecular flexibility index (Phi) is 5.67. The molecule has 2 aromatic heterocycles. The molecule has 0 aliphatic carbocycles. The maximum Gasteiger partial charge on any atom is 0.282 e. The predicted molar refractivity (Wildman–Crippen MR) is 118 cm³/mol. The van der Waals surface area contributed by atoms with Gasteiger partial charge < -0.3 is 5.32 Å². The molecule has 4 aromatic rings. The second-order valence-corrected chi connectivity index (χ2v) is 8.27. The molecule has 0 bridgehead atoms. The molecule has 29 heavy (non-hydrogen) atoms. The third-order valence-electron chi connectivity index (χ3n) is 4.27. The molecule has 4 rings (SSSR count). The van der Waals surface area contributed by atoms with Gasteiger partial charge in [0.1, 0.15) is 0 Å². The third-order valence-corrected chi connectivity index (χ3v) is 5.70. The third kappa shape index (κ3) is 4.34. The molecule has 146 valence electrons. The predicted octanol–water partition coefficient (Wildman–Crippen LogP) is 5.92. The van der Waals surface area contributed by atoms with Crippen molar-refractivity contribution in [2.75, 3.05) is 5.32 Å². The lowest BCUT2D eigenvalue weighted by Crippen LogP contribution is -2.17. The summed E-state index contributed by atoms with van der Waals surface area (Å²) < 4.78 is 1.25. The van der Waals surface area contributed by atoms with Gasteiger partial charge in [0.05, 0.1) is 17.1 Å². The van der Waals surface area contributed by atoms with Gasteiger partial charge in [0.15, 0.2) is 5.82 Å². The lowest BCUT2D eigenvalue weighted by molar-refractivity contribution is 0.0947. The summed E-state index contributed by atoms with van der Waals surface area (Å²) in [6.45, 7) is 2.54. The molecule has 0 atom stereocenters. The monoisotopic (exact) mass is 442 g/mol. The summed E-state index contributed by atoms with van der Waals surface area (Å²) in [6.07, 6.45) is 0. The van der Waals surface area contributed by atoms with Gasteiger partial charge in [-0.15, -0.1) is 16.4 Å². The van der Waals surface area contributed by atoms with Crippen molar-refractivity contribution in [2.45, 2.75) is 13.5 Å². The second-order valence-electron chi connectivity index (χ2n) is 6.40. The first-order chi connectivity index (χ1) is 14.0. The molecule has 0 saturated heterocycles. The summed E-state index contributed by atoms with van der Waals surface area (Å²) in [4.78, 5) is 18.8. The van der Waals surface area contributed by atoms with Gasteiger partial charge >= 0.3 is 0 Å². The van der Waals surface area contributed by atoms with Crippen LogP contribution in [0.5, 0.6) is 0 Å². The average Bonchev–Trinajstić information content (AvgIpc) is 3.36. The molecular weight excluding hydrogens is 427 g/mol. The Morgan fingerprint density at radius 1 is 1.14 bits per heavy atom. The molecule has 0 fully saturated rings. The highest BCUT2D eigenvalue weighted by Crippen LogP contribution is 2.25. The summed E-state index contributed by atoms with van der Waals surface area (Å²) in [5.74, 6) is 0.424. The van der Waals surface area contributed by atoms with E-state index in [2.05, 4.69) is 15.4 Å². The molecule has 8 heteroatoms. The van der Waals surface area contributed by atoms with Gasteiger partial charge in [-0.2, -0.15) is 9.67 Å². The molecule has 0 spiro atoms. The zero-order chi connectivity index (χ0) is 20.4. The van der Waals surface area contributed by atoms with Crippen LogP contribution in [0.15, 0.2) is 60.0 Å². The average molecular weight is 443 g/mol. The van der Waals surface area contributed by atoms with Crippen LogP contribution in [-0.2, 0) is 6.54 Å². The number of hydrogen-bond donors (Lipinski definition) is 1. The van der Waals surface area contributed by atoms with Crippen LogP contribution in [0, 0.1) is 6.92 Å². The van der Waals surface area contributed by atoms with Gasteiger partial charge in [0.25, 0.3) is 5.91 Å². The number of benzene rings is 2. The zero-order valence-electron chi connectivity index (χ0n) is 15.4. The number of aryl methyl sites for hydroxylation is 1. The van der Waals surface area contributed by atoms with Crippen molar-refractivity contribution >= 4 is 46.4 Å². The van der Waals surface area contributed by atoms with Crippen LogP contribution >= 0.6 is 34.5 Å². The Labute approximate surface area is 181 Å². The maximum atomic E-state index is 13.2. The molecule has 1 N–H and O–H groups in total. The van der Waals surface area contributed by atoms with Crippen LogP contribution in [0.4, 0.5) is 5.95 Å². The largest absolute Gasteiger partial charge is 0.349 e. The SMILES string of the molecule is Cc1ccc(-c2nc(NCc3cccs3)n(C(=O)c3ccc(Cl)cc3Cl)n2)cc1. The van der Waals surface area contributed by atoms with Crippen LogP contribution in [-0.4, -0.2) is 20.7 Å². The number of carbonyl (C=O) groups excluding carboxylic acids is 1. The molecule has 0 amide bonds. The summed E-state index contributed by atoms with van der Waals surface area (Å²) >= 11 is 13.8. The number of carbonyl (C=O) groups is 1. The molecule has 0 radical (unpaired) electrons. The maximum absolute atomic E-state index is 13.2. The number of aromatic nitrogens is 3. The van der Waals surface area contributed by atoms with E-state index < -0.39 is 0 Å². The minimum atomic E-state index is -0.383. The smallest absolute Gasteiger partial charge is 0.282 e. The van der Waals surface area contributed by atoms with Crippen LogP contribution in [0.1, 0.15) is 20.8 Å². The standard InChI is InChI=1S/C21H16Cl2N4OS/c1-13-4-6-14(7-5-13)19-25-21(24-12-16-3-2-10-29-16)27(26-19)20(28)17-9-8-15(22)11-18(17)23/h2-11H,12H2,1H3,(H,24,25,26). The van der Waals surface area contributed by atoms with Crippen molar-refractivity contribution in [3.05, 3.63) is 86.0 Å². The minimum Gasteiger partial charge on any atom is -0.349 e. The number of nitrogens with zero attached hydrogens (tertiary/aromatic N) is 3. The van der Waals surface area contributed by atoms with Crippen molar-refractivity contribution in [2.24, 2.45) is 0 Å². The Bertz CT molecular complexity index is 1150. The number of halogens is 2. The number of nitrogens with one attached hydrogen (secondary N) is 1. The molecule has 0 unspecified atom stereocenters. The Morgan fingerprint density at radius 2 is 1.93 bits per heavy atom. The van der Waals surface area contributed by atoms with E-state index in [9.17, 15) is 4.79 Å². The van der Waals surface area contributed by atoms with E-state index >= 15 is 0 Å². The molecule has 0 aliphatic heterocycles. The molecule has 0 aliphatic rings. The van der Waals surface area contributed by atoms with Crippen LogP contribution in [0.3, 0.4) is 0 Å². The molecule has 2 aromatic carbocycles. The van der Waals surface area contributed by atoms with E-state index in [0.717, 1.165) is 16.0 Å². The topological polar surface area (TPSA) is 59.8 Å². The fraction of sp³-hybridized carbons (Fsp3) is 0.0952. The first-order valence-electron chi connectivity index (χ1n) is 8.81. The first-order valence-corrected chi connectivity index (χ1v) is 10.4. The molecule has 2 heterocycles. The van der Waals surface area contributed by atoms with Crippen molar-refractivity contribution in [1.29, 1.82) is 0 Å². The number of anilines is 1. The Hall–Kier alpha value is -2.67. The summed E-state index contributed by atoms with van der Waals surface area (Å²) in [5.41, 5.74) is 2.26. The van der Waals surface area contributed by atoms with Gasteiger partial charge in [-0.3, -0.25) is 4.79 Å². The first kappa shape index (κ1) is 19.6. The number of rotatable bonds is 5. The van der Waals surface area contributed by atoms with Gasteiger partial charge in [-0.25, -0.2) is 0 Å². The van der Waals surface area contributed by atoms with E-state index in [-0.39, 0.29) is 10.9 Å². The number of hydrogen-bond acceptors (Lipinski definition) is 5. The van der Waals surface area contributed by atoms with Crippen molar-refractivity contribution in [3.63, 3.8) is 0 Å². The Morgan fingerprint density at radius 3 is 2.62 bits per heavy atom. The van der Waals surface area contributed by atoms with Crippen molar-refractivity contribution < 1.29 is 4.79 Å². The lowest BCUT2D eigenvalue weighted by atomic mass is 10.1. The molecule has 0 saturated carbocycles. The molecule has 5 nitrogen and oxygen atoms in total. The van der Waals surface area contributed by atoms with E-state index in [0.29, 0.717) is 28.9 Å². The highest BCUT2D eigenvalue weighted by Gasteiger charge is 2.21. The minimum absolute atomic E-state index is 0.263. The van der Waals surface area contributed by atoms with Crippen molar-refractivity contribution in [3.8, 4) is 11.4 Å². The summed E-state index contributed by atoms with van der Waals surface area (Å²) in [7, 11) is 0. The number of thiophene rings is 1. The summed E-state index contributed by atoms with van der Waals surface area (Å²) in [6, 6.07) is 16.5. The fourth-order valence-corrected chi connectivity index (χ4v) is 3.88. The van der Waals surface area contributed by atoms with Crippen LogP contribution < -0.4 is 5.32 Å². The second kappa shape index (κ2) is 8.37. The Balaban J connectivity index is 1.73. The van der Waals surface area contributed by atoms with E-state index in [1.54, 1.807) is 23.5 Å². The van der Waals surface area contributed by atoms with Crippen molar-refractivity contribution in [1.82, 2.24) is 14.8 Å². The van der Waals surface area contributed by atoms with Crippen LogP contribution in [0.2, 0.25) is 10.0 Å². The normalized spacial score (nSPS) is 10.9. The van der Waals surface area contributed by atoms with Gasteiger partial charge in [0, 0.05) is 15.5 Å². The highest BCUT2D eigenvalue weighted by molar-refractivity contribution is 7.09. The molecular formula is C21H16Cl2N4OS. The lowest BCUT2D eigenvalue weighted by Gasteiger charge is -2.07. The summed E-state index contributed by atoms with van der Waals surface area (Å²) in [5, 5.41) is 10.4. The fourth-order valence-electron chi connectivity index (χ4n) is 2.75. The van der Waals surface area contributed by atoms with Crippen LogP contribution in [0.25, 0.3) is 11.4 Å². The zero-order valence-corrected chi connectivity index (χ0v) is 17.7. The highest BCUT2D eigenvalue weighted by atomic mass is 35.5. The quantitative estimate of drug-likeness (QED) is 0.416. The van der Waals surface area contributed by atoms with E-state index in [1.165, 1.54) is 10.7 Å². The van der Waals surface area contributed by atoms with E-state index in [4.69, 9.17) is 23.2 Å². The van der Waals surface area contributed by atoms with Gasteiger partial charge in [0.2, 0.25) is 5.95 Å². The van der Waals surface area contributed by atoms with E-state index in [1.807, 2.05) is 48.7 Å².